The van der Waals surface area contributed by atoms with Crippen LogP contribution in [0.15, 0.2) is 24.3 Å². The predicted octanol–water partition coefficient (Wildman–Crippen LogP) is 1.54. The second-order valence-electron chi connectivity index (χ2n) is 7.65. The van der Waals surface area contributed by atoms with E-state index in [2.05, 4.69) is 4.90 Å². The van der Waals surface area contributed by atoms with E-state index in [4.69, 9.17) is 26.8 Å². The number of morpholine rings is 1. The van der Waals surface area contributed by atoms with Crippen molar-refractivity contribution in [1.82, 2.24) is 9.80 Å². The van der Waals surface area contributed by atoms with Crippen molar-refractivity contribution in [3.05, 3.63) is 29.3 Å². The number of rotatable bonds is 7. The molecule has 0 radical (unpaired) electrons. The molecule has 0 aliphatic carbocycles. The number of carbonyl (C=O) groups is 2. The maximum Gasteiger partial charge on any atom is 0.236 e. The fourth-order valence-electron chi connectivity index (χ4n) is 3.79. The molecule has 0 saturated carbocycles. The van der Waals surface area contributed by atoms with Gasteiger partial charge in [0.25, 0.3) is 0 Å². The van der Waals surface area contributed by atoms with Gasteiger partial charge in [0.15, 0.2) is 0 Å². The zero-order chi connectivity index (χ0) is 20.0. The van der Waals surface area contributed by atoms with Gasteiger partial charge in [0, 0.05) is 43.0 Å². The number of halogens is 1. The van der Waals surface area contributed by atoms with Crippen molar-refractivity contribution >= 4 is 23.4 Å². The molecule has 2 heterocycles. The Morgan fingerprint density at radius 1 is 1.11 bits per heavy atom. The summed E-state index contributed by atoms with van der Waals surface area (Å²) in [6.07, 6.45) is 1.64. The Bertz CT molecular complexity index is 669. The topological polar surface area (TPSA) is 85.1 Å². The maximum absolute atomic E-state index is 12.6. The van der Waals surface area contributed by atoms with Gasteiger partial charge in [-0.25, -0.2) is 0 Å². The third-order valence-electron chi connectivity index (χ3n) is 5.55. The molecular formula is C20H28ClN3O4. The Morgan fingerprint density at radius 3 is 2.36 bits per heavy atom. The lowest BCUT2D eigenvalue weighted by Gasteiger charge is -2.41. The van der Waals surface area contributed by atoms with E-state index < -0.39 is 0 Å². The molecule has 3 rings (SSSR count). The average Bonchev–Trinajstić information content (AvgIpc) is 2.68. The smallest absolute Gasteiger partial charge is 0.236 e. The van der Waals surface area contributed by atoms with Crippen molar-refractivity contribution in [2.75, 3.05) is 52.5 Å². The molecule has 0 bridgehead atoms. The number of nitrogens with two attached hydrogens (primary N) is 1. The third-order valence-corrected chi connectivity index (χ3v) is 5.80. The molecule has 154 valence electrons. The summed E-state index contributed by atoms with van der Waals surface area (Å²) in [5.74, 6) is 0.500. The van der Waals surface area contributed by atoms with Crippen molar-refractivity contribution in [2.24, 2.45) is 11.1 Å². The average molecular weight is 410 g/mol. The number of ether oxygens (including phenoxy) is 2. The van der Waals surface area contributed by atoms with Crippen LogP contribution in [0, 0.1) is 5.41 Å². The van der Waals surface area contributed by atoms with E-state index in [9.17, 15) is 9.59 Å². The van der Waals surface area contributed by atoms with Crippen LogP contribution in [0.3, 0.4) is 0 Å². The first-order valence-corrected chi connectivity index (χ1v) is 10.1. The summed E-state index contributed by atoms with van der Waals surface area (Å²) < 4.78 is 11.3. The van der Waals surface area contributed by atoms with E-state index in [-0.39, 0.29) is 23.7 Å². The number of piperidine rings is 1. The zero-order valence-corrected chi connectivity index (χ0v) is 16.8. The summed E-state index contributed by atoms with van der Waals surface area (Å²) in [5.41, 5.74) is 5.16. The van der Waals surface area contributed by atoms with Crippen molar-refractivity contribution < 1.29 is 19.1 Å². The van der Waals surface area contributed by atoms with Crippen LogP contribution in [0.2, 0.25) is 5.02 Å². The monoisotopic (exact) mass is 409 g/mol. The van der Waals surface area contributed by atoms with Gasteiger partial charge in [-0.1, -0.05) is 11.6 Å². The Hall–Kier alpha value is -1.83. The van der Waals surface area contributed by atoms with Crippen LogP contribution in [0.1, 0.15) is 19.3 Å². The minimum Gasteiger partial charge on any atom is -0.493 e. The quantitative estimate of drug-likeness (QED) is 0.738. The van der Waals surface area contributed by atoms with Gasteiger partial charge in [-0.3, -0.25) is 14.5 Å². The standard InChI is InChI=1S/C20H28ClN3O4/c21-16-1-3-17(4-2-16)28-15-20(13-18(22)25)5-7-24(8-6-20)19(26)14-23-9-11-27-12-10-23/h1-4H,5-15H2,(H2,22,25). The molecule has 28 heavy (non-hydrogen) atoms. The van der Waals surface area contributed by atoms with E-state index in [1.165, 1.54) is 0 Å². The second-order valence-corrected chi connectivity index (χ2v) is 8.09. The molecular weight excluding hydrogens is 382 g/mol. The largest absolute Gasteiger partial charge is 0.493 e. The molecule has 0 aromatic heterocycles. The molecule has 8 heteroatoms. The van der Waals surface area contributed by atoms with Crippen LogP contribution in [-0.4, -0.2) is 74.2 Å². The van der Waals surface area contributed by atoms with Gasteiger partial charge in [0.1, 0.15) is 5.75 Å². The van der Waals surface area contributed by atoms with Gasteiger partial charge < -0.3 is 20.1 Å². The highest BCUT2D eigenvalue weighted by Crippen LogP contribution is 2.36. The van der Waals surface area contributed by atoms with E-state index in [0.29, 0.717) is 63.1 Å². The molecule has 2 N–H and O–H groups in total. The summed E-state index contributed by atoms with van der Waals surface area (Å²) in [5, 5.41) is 0.645. The van der Waals surface area contributed by atoms with E-state index in [1.54, 1.807) is 24.3 Å². The highest BCUT2D eigenvalue weighted by Gasteiger charge is 2.38. The van der Waals surface area contributed by atoms with Gasteiger partial charge in [-0.15, -0.1) is 0 Å². The van der Waals surface area contributed by atoms with Gasteiger partial charge >= 0.3 is 0 Å². The number of hydrogen-bond acceptors (Lipinski definition) is 5. The minimum atomic E-state index is -0.346. The Kier molecular flexibility index (Phi) is 7.15. The van der Waals surface area contributed by atoms with Crippen LogP contribution < -0.4 is 10.5 Å². The van der Waals surface area contributed by atoms with Crippen LogP contribution in [0.5, 0.6) is 5.75 Å². The molecule has 7 nitrogen and oxygen atoms in total. The Morgan fingerprint density at radius 2 is 1.75 bits per heavy atom. The van der Waals surface area contributed by atoms with E-state index in [1.807, 2.05) is 4.90 Å². The fraction of sp³-hybridized carbons (Fsp3) is 0.600. The van der Waals surface area contributed by atoms with Crippen LogP contribution >= 0.6 is 11.6 Å². The fourth-order valence-corrected chi connectivity index (χ4v) is 3.92. The first kappa shape index (κ1) is 20.9. The van der Waals surface area contributed by atoms with Crippen LogP contribution in [0.25, 0.3) is 0 Å². The van der Waals surface area contributed by atoms with Gasteiger partial charge in [0.05, 0.1) is 26.4 Å². The third kappa shape index (κ3) is 5.83. The van der Waals surface area contributed by atoms with Gasteiger partial charge in [-0.2, -0.15) is 0 Å². The molecule has 0 atom stereocenters. The molecule has 2 aliphatic rings. The summed E-state index contributed by atoms with van der Waals surface area (Å²) in [7, 11) is 0. The Balaban J connectivity index is 1.55. The minimum absolute atomic E-state index is 0.133. The normalized spacial score (nSPS) is 20.0. The number of nitrogens with zero attached hydrogens (tertiary/aromatic N) is 2. The Labute approximate surface area is 170 Å². The van der Waals surface area contributed by atoms with Gasteiger partial charge in [0.2, 0.25) is 11.8 Å². The van der Waals surface area contributed by atoms with Crippen molar-refractivity contribution in [1.29, 1.82) is 0 Å². The predicted molar refractivity (Wildman–Crippen MR) is 106 cm³/mol. The van der Waals surface area contributed by atoms with E-state index >= 15 is 0 Å². The first-order valence-electron chi connectivity index (χ1n) is 9.70. The van der Waals surface area contributed by atoms with Crippen molar-refractivity contribution in [3.8, 4) is 5.75 Å². The lowest BCUT2D eigenvalue weighted by molar-refractivity contribution is -0.136. The van der Waals surface area contributed by atoms with Crippen LogP contribution in [0.4, 0.5) is 0 Å². The first-order chi connectivity index (χ1) is 13.5. The molecule has 0 unspecified atom stereocenters. The SMILES string of the molecule is NC(=O)CC1(COc2ccc(Cl)cc2)CCN(C(=O)CN2CCOCC2)CC1. The highest BCUT2D eigenvalue weighted by molar-refractivity contribution is 6.30. The molecule has 2 amide bonds. The number of hydrogen-bond donors (Lipinski definition) is 1. The number of likely N-dealkylation sites (tertiary alicyclic amines) is 1. The lowest BCUT2D eigenvalue weighted by Crippen LogP contribution is -2.50. The summed E-state index contributed by atoms with van der Waals surface area (Å²) >= 11 is 5.91. The molecule has 2 fully saturated rings. The number of carbonyl (C=O) groups excluding carboxylic acids is 2. The second kappa shape index (κ2) is 9.58. The number of benzene rings is 1. The summed E-state index contributed by atoms with van der Waals surface area (Å²) in [6.45, 7) is 4.98. The molecule has 0 spiro atoms. The van der Waals surface area contributed by atoms with Crippen molar-refractivity contribution in [3.63, 3.8) is 0 Å². The highest BCUT2D eigenvalue weighted by atomic mass is 35.5. The lowest BCUT2D eigenvalue weighted by atomic mass is 9.76. The molecule has 1 aromatic rings. The van der Waals surface area contributed by atoms with Crippen LogP contribution in [-0.2, 0) is 14.3 Å². The zero-order valence-electron chi connectivity index (χ0n) is 16.1. The number of amides is 2. The van der Waals surface area contributed by atoms with E-state index in [0.717, 1.165) is 13.1 Å². The van der Waals surface area contributed by atoms with Gasteiger partial charge in [-0.05, 0) is 37.1 Å². The molecule has 2 aliphatic heterocycles. The van der Waals surface area contributed by atoms with Crippen molar-refractivity contribution in [2.45, 2.75) is 19.3 Å². The molecule has 2 saturated heterocycles. The maximum atomic E-state index is 12.6. The molecule has 1 aromatic carbocycles. The summed E-state index contributed by atoms with van der Waals surface area (Å²) in [4.78, 5) is 28.3. The summed E-state index contributed by atoms with van der Waals surface area (Å²) in [6, 6.07) is 7.15. The number of primary amides is 1.